The van der Waals surface area contributed by atoms with E-state index < -0.39 is 0 Å². The summed E-state index contributed by atoms with van der Waals surface area (Å²) < 4.78 is 10.4. The highest BCUT2D eigenvalue weighted by atomic mass is 16.5. The summed E-state index contributed by atoms with van der Waals surface area (Å²) in [6, 6.07) is 10.6. The minimum Gasteiger partial charge on any atom is -0.459 e. The van der Waals surface area contributed by atoms with Gasteiger partial charge in [0.15, 0.2) is 5.76 Å². The van der Waals surface area contributed by atoms with Gasteiger partial charge in [0.25, 0.3) is 5.89 Å². The Kier molecular flexibility index (Phi) is 4.60. The number of benzene rings is 1. The number of amides is 2. The van der Waals surface area contributed by atoms with E-state index >= 15 is 0 Å². The Hall–Kier alpha value is -3.09. The lowest BCUT2D eigenvalue weighted by Gasteiger charge is -2.12. The van der Waals surface area contributed by atoms with Gasteiger partial charge in [-0.2, -0.15) is 4.98 Å². The van der Waals surface area contributed by atoms with Gasteiger partial charge >= 0.3 is 6.03 Å². The predicted molar refractivity (Wildman–Crippen MR) is 89.3 cm³/mol. The predicted octanol–water partition coefficient (Wildman–Crippen LogP) is 3.92. The summed E-state index contributed by atoms with van der Waals surface area (Å²) in [5, 5.41) is 9.56. The molecule has 0 bridgehead atoms. The molecule has 2 heterocycles. The Morgan fingerprint density at radius 2 is 2.04 bits per heavy atom. The van der Waals surface area contributed by atoms with E-state index in [1.54, 1.807) is 30.5 Å². The fraction of sp³-hybridized carbons (Fsp3) is 0.235. The van der Waals surface area contributed by atoms with Crippen molar-refractivity contribution >= 4 is 11.7 Å². The molecule has 0 aliphatic carbocycles. The van der Waals surface area contributed by atoms with Crippen LogP contribution in [0.5, 0.6) is 0 Å². The number of nitrogens with one attached hydrogen (secondary N) is 2. The van der Waals surface area contributed by atoms with Gasteiger partial charge in [-0.15, -0.1) is 0 Å². The van der Waals surface area contributed by atoms with Gasteiger partial charge in [-0.05, 0) is 49.7 Å². The molecule has 7 nitrogen and oxygen atoms in total. The van der Waals surface area contributed by atoms with Crippen LogP contribution in [0.25, 0.3) is 23.0 Å². The molecule has 1 aromatic carbocycles. The number of hydrogen-bond donors (Lipinski definition) is 2. The lowest BCUT2D eigenvalue weighted by atomic mass is 10.2. The summed E-state index contributed by atoms with van der Waals surface area (Å²) in [6.45, 7) is 3.97. The van der Waals surface area contributed by atoms with Crippen LogP contribution in [0.4, 0.5) is 10.5 Å². The molecule has 0 aliphatic rings. The molecule has 3 rings (SSSR count). The average molecular weight is 326 g/mol. The second-order valence-corrected chi connectivity index (χ2v) is 5.39. The number of urea groups is 1. The first-order valence-electron chi connectivity index (χ1n) is 7.71. The molecule has 124 valence electrons. The third kappa shape index (κ3) is 3.62. The monoisotopic (exact) mass is 326 g/mol. The minimum absolute atomic E-state index is 0.128. The molecule has 0 spiro atoms. The molecule has 0 radical (unpaired) electrons. The number of aromatic nitrogens is 2. The normalized spacial score (nSPS) is 11.9. The summed E-state index contributed by atoms with van der Waals surface area (Å²) in [7, 11) is 0. The van der Waals surface area contributed by atoms with Crippen molar-refractivity contribution in [1.29, 1.82) is 0 Å². The third-order valence-electron chi connectivity index (χ3n) is 3.55. The Balaban J connectivity index is 1.67. The van der Waals surface area contributed by atoms with Crippen LogP contribution < -0.4 is 10.6 Å². The molecule has 0 fully saturated rings. The fourth-order valence-corrected chi connectivity index (χ4v) is 2.04. The molecule has 3 aromatic rings. The van der Waals surface area contributed by atoms with Gasteiger partial charge in [-0.1, -0.05) is 12.1 Å². The summed E-state index contributed by atoms with van der Waals surface area (Å²) >= 11 is 0. The first-order chi connectivity index (χ1) is 11.7. The Morgan fingerprint density at radius 1 is 1.25 bits per heavy atom. The van der Waals surface area contributed by atoms with E-state index in [1.807, 2.05) is 26.0 Å². The van der Waals surface area contributed by atoms with Crippen molar-refractivity contribution < 1.29 is 13.7 Å². The largest absolute Gasteiger partial charge is 0.459 e. The zero-order chi connectivity index (χ0) is 16.9. The van der Waals surface area contributed by atoms with Crippen LogP contribution in [-0.2, 0) is 0 Å². The summed E-state index contributed by atoms with van der Waals surface area (Å²) in [4.78, 5) is 16.1. The van der Waals surface area contributed by atoms with E-state index in [0.717, 1.165) is 12.0 Å². The first kappa shape index (κ1) is 15.8. The quantitative estimate of drug-likeness (QED) is 0.741. The zero-order valence-electron chi connectivity index (χ0n) is 13.4. The van der Waals surface area contributed by atoms with Crippen molar-refractivity contribution in [2.24, 2.45) is 0 Å². The Bertz CT molecular complexity index is 794. The Labute approximate surface area is 139 Å². The van der Waals surface area contributed by atoms with Gasteiger partial charge in [0, 0.05) is 17.3 Å². The molecule has 1 atom stereocenters. The number of nitrogens with zero attached hydrogens (tertiary/aromatic N) is 2. The Morgan fingerprint density at radius 3 is 2.71 bits per heavy atom. The maximum Gasteiger partial charge on any atom is 0.319 e. The van der Waals surface area contributed by atoms with Crippen LogP contribution >= 0.6 is 0 Å². The molecule has 24 heavy (non-hydrogen) atoms. The van der Waals surface area contributed by atoms with Crippen molar-refractivity contribution in [3.8, 4) is 23.0 Å². The van der Waals surface area contributed by atoms with Crippen LogP contribution in [0.2, 0.25) is 0 Å². The molecule has 0 unspecified atom stereocenters. The molecule has 2 N–H and O–H groups in total. The van der Waals surface area contributed by atoms with Crippen LogP contribution in [-0.4, -0.2) is 22.2 Å². The highest BCUT2D eigenvalue weighted by Crippen LogP contribution is 2.23. The van der Waals surface area contributed by atoms with E-state index in [9.17, 15) is 4.79 Å². The number of anilines is 1. The molecule has 0 aliphatic heterocycles. The average Bonchev–Trinajstić information content (AvgIpc) is 3.26. The maximum atomic E-state index is 11.8. The summed E-state index contributed by atoms with van der Waals surface area (Å²) in [5.41, 5.74) is 1.47. The van der Waals surface area contributed by atoms with Gasteiger partial charge in [-0.3, -0.25) is 0 Å². The summed E-state index contributed by atoms with van der Waals surface area (Å²) in [6.07, 6.45) is 2.42. The topological polar surface area (TPSA) is 93.2 Å². The van der Waals surface area contributed by atoms with E-state index in [2.05, 4.69) is 20.8 Å². The standard InChI is InChI=1S/C17H18N4O3/c1-3-11(2)18-17(22)19-13-8-6-12(7-9-13)15-20-16(24-21-15)14-5-4-10-23-14/h4-11H,3H2,1-2H3,(H2,18,19,22)/t11-/m0/s1. The van der Waals surface area contributed by atoms with Gasteiger partial charge in [0.05, 0.1) is 6.26 Å². The number of furan rings is 1. The van der Waals surface area contributed by atoms with E-state index in [0.29, 0.717) is 23.2 Å². The van der Waals surface area contributed by atoms with Crippen molar-refractivity contribution in [2.75, 3.05) is 5.32 Å². The van der Waals surface area contributed by atoms with E-state index in [-0.39, 0.29) is 12.1 Å². The van der Waals surface area contributed by atoms with Gasteiger partial charge in [-0.25, -0.2) is 4.79 Å². The SMILES string of the molecule is CC[C@H](C)NC(=O)Nc1ccc(-c2noc(-c3ccco3)n2)cc1. The van der Waals surface area contributed by atoms with Crippen molar-refractivity contribution in [1.82, 2.24) is 15.5 Å². The van der Waals surface area contributed by atoms with Crippen LogP contribution in [0.15, 0.2) is 51.6 Å². The van der Waals surface area contributed by atoms with Crippen molar-refractivity contribution in [2.45, 2.75) is 26.3 Å². The highest BCUT2D eigenvalue weighted by molar-refractivity contribution is 5.89. The molecule has 0 saturated heterocycles. The van der Waals surface area contributed by atoms with E-state index in [4.69, 9.17) is 8.94 Å². The first-order valence-corrected chi connectivity index (χ1v) is 7.71. The molecular weight excluding hydrogens is 308 g/mol. The second kappa shape index (κ2) is 6.99. The smallest absolute Gasteiger partial charge is 0.319 e. The number of rotatable bonds is 5. The van der Waals surface area contributed by atoms with Crippen molar-refractivity contribution in [3.63, 3.8) is 0 Å². The molecule has 2 amide bonds. The van der Waals surface area contributed by atoms with Gasteiger partial charge in [0.2, 0.25) is 5.82 Å². The molecule has 7 heteroatoms. The second-order valence-electron chi connectivity index (χ2n) is 5.39. The minimum atomic E-state index is -0.225. The molecular formula is C17H18N4O3. The zero-order valence-corrected chi connectivity index (χ0v) is 13.4. The highest BCUT2D eigenvalue weighted by Gasteiger charge is 2.12. The number of carbonyl (C=O) groups is 1. The lowest BCUT2D eigenvalue weighted by molar-refractivity contribution is 0.249. The van der Waals surface area contributed by atoms with Crippen LogP contribution in [0, 0.1) is 0 Å². The van der Waals surface area contributed by atoms with Crippen LogP contribution in [0.1, 0.15) is 20.3 Å². The summed E-state index contributed by atoms with van der Waals surface area (Å²) in [5.74, 6) is 1.30. The lowest BCUT2D eigenvalue weighted by Crippen LogP contribution is -2.35. The third-order valence-corrected chi connectivity index (χ3v) is 3.55. The van der Waals surface area contributed by atoms with Crippen molar-refractivity contribution in [3.05, 3.63) is 42.7 Å². The van der Waals surface area contributed by atoms with Crippen LogP contribution in [0.3, 0.4) is 0 Å². The molecule has 0 saturated carbocycles. The van der Waals surface area contributed by atoms with Gasteiger partial charge < -0.3 is 19.6 Å². The number of carbonyl (C=O) groups excluding carboxylic acids is 1. The number of hydrogen-bond acceptors (Lipinski definition) is 5. The fourth-order valence-electron chi connectivity index (χ4n) is 2.04. The van der Waals surface area contributed by atoms with E-state index in [1.165, 1.54) is 0 Å². The van der Waals surface area contributed by atoms with Gasteiger partial charge in [0.1, 0.15) is 0 Å². The molecule has 2 aromatic heterocycles. The maximum absolute atomic E-state index is 11.8.